The van der Waals surface area contributed by atoms with E-state index >= 15 is 0 Å². The van der Waals surface area contributed by atoms with Gasteiger partial charge in [-0.1, -0.05) is 29.8 Å². The van der Waals surface area contributed by atoms with Crippen LogP contribution < -0.4 is 0 Å². The number of rotatable bonds is 5. The topological polar surface area (TPSA) is 87.2 Å². The van der Waals surface area contributed by atoms with Crippen LogP contribution in [-0.2, 0) is 25.5 Å². The molecule has 0 aliphatic carbocycles. The van der Waals surface area contributed by atoms with Crippen LogP contribution in [0, 0.1) is 12.3 Å². The van der Waals surface area contributed by atoms with Crippen LogP contribution >= 0.6 is 0 Å². The standard InChI is InChI=1S/C21H30N2O3.CH2O2/c1-16-4-6-17(7-5-16)8-9-19(24)23-12-10-21(11-13-23)14-18(15-22(2)3)26-20(21)25;2-1-3/h4-7,18H,8-15H2,1-3H3;1H,(H,2,3). The van der Waals surface area contributed by atoms with E-state index < -0.39 is 0 Å². The van der Waals surface area contributed by atoms with Gasteiger partial charge in [-0.15, -0.1) is 0 Å². The number of nitrogens with zero attached hydrogens (tertiary/aromatic N) is 2. The number of carbonyl (C=O) groups excluding carboxylic acids is 2. The maximum Gasteiger partial charge on any atom is 0.312 e. The number of piperidine rings is 1. The molecule has 0 aromatic heterocycles. The van der Waals surface area contributed by atoms with Gasteiger partial charge < -0.3 is 19.6 Å². The Morgan fingerprint density at radius 3 is 2.41 bits per heavy atom. The predicted octanol–water partition coefficient (Wildman–Crippen LogP) is 2.11. The lowest BCUT2D eigenvalue weighted by Gasteiger charge is -2.36. The molecule has 1 amide bonds. The Labute approximate surface area is 172 Å². The third-order valence-corrected chi connectivity index (χ3v) is 5.72. The minimum absolute atomic E-state index is 0.0127. The van der Waals surface area contributed by atoms with Crippen LogP contribution in [0.4, 0.5) is 0 Å². The Kier molecular flexibility index (Phi) is 8.20. The fraction of sp³-hybridized carbons (Fsp3) is 0.591. The number of likely N-dealkylation sites (N-methyl/N-ethyl adjacent to an activating group) is 1. The lowest BCUT2D eigenvalue weighted by Crippen LogP contribution is -2.45. The normalized spacial score (nSPS) is 20.2. The summed E-state index contributed by atoms with van der Waals surface area (Å²) in [7, 11) is 3.99. The first-order valence-corrected chi connectivity index (χ1v) is 10.1. The molecule has 1 unspecified atom stereocenters. The largest absolute Gasteiger partial charge is 0.483 e. The molecule has 7 heteroatoms. The van der Waals surface area contributed by atoms with Crippen molar-refractivity contribution in [1.82, 2.24) is 9.80 Å². The quantitative estimate of drug-likeness (QED) is 0.597. The number of amides is 1. The van der Waals surface area contributed by atoms with Gasteiger partial charge in [0.2, 0.25) is 5.91 Å². The monoisotopic (exact) mass is 404 g/mol. The molecule has 0 radical (unpaired) electrons. The number of likely N-dealkylation sites (tertiary alicyclic amines) is 1. The highest BCUT2D eigenvalue weighted by Crippen LogP contribution is 2.43. The molecule has 29 heavy (non-hydrogen) atoms. The van der Waals surface area contributed by atoms with Gasteiger partial charge in [-0.25, -0.2) is 0 Å². The molecule has 160 valence electrons. The van der Waals surface area contributed by atoms with E-state index in [-0.39, 0.29) is 29.9 Å². The maximum absolute atomic E-state index is 12.5. The molecule has 3 rings (SSSR count). The highest BCUT2D eigenvalue weighted by molar-refractivity contribution is 5.81. The third kappa shape index (κ3) is 6.29. The van der Waals surface area contributed by atoms with Gasteiger partial charge in [-0.3, -0.25) is 14.4 Å². The number of carbonyl (C=O) groups is 3. The molecule has 2 aliphatic heterocycles. The average molecular weight is 405 g/mol. The number of benzene rings is 1. The number of ether oxygens (including phenoxy) is 1. The molecule has 2 heterocycles. The van der Waals surface area contributed by atoms with Gasteiger partial charge in [0.05, 0.1) is 5.41 Å². The fourth-order valence-electron chi connectivity index (χ4n) is 4.10. The van der Waals surface area contributed by atoms with Gasteiger partial charge >= 0.3 is 5.97 Å². The van der Waals surface area contributed by atoms with E-state index in [1.165, 1.54) is 11.1 Å². The second-order valence-corrected chi connectivity index (χ2v) is 8.25. The molecule has 2 aliphatic rings. The van der Waals surface area contributed by atoms with E-state index in [2.05, 4.69) is 36.1 Å². The summed E-state index contributed by atoms with van der Waals surface area (Å²) in [5, 5.41) is 6.89. The van der Waals surface area contributed by atoms with Crippen LogP contribution in [0.5, 0.6) is 0 Å². The number of cyclic esters (lactones) is 1. The number of esters is 1. The molecule has 7 nitrogen and oxygen atoms in total. The van der Waals surface area contributed by atoms with E-state index in [4.69, 9.17) is 14.6 Å². The molecular formula is C22H32N2O5. The van der Waals surface area contributed by atoms with E-state index in [1.807, 2.05) is 19.0 Å². The highest BCUT2D eigenvalue weighted by atomic mass is 16.6. The molecule has 1 aromatic carbocycles. The van der Waals surface area contributed by atoms with Crippen molar-refractivity contribution >= 4 is 18.3 Å². The van der Waals surface area contributed by atoms with E-state index in [0.29, 0.717) is 19.5 Å². The molecule has 2 fully saturated rings. The first-order valence-electron chi connectivity index (χ1n) is 10.1. The smallest absolute Gasteiger partial charge is 0.312 e. The zero-order valence-corrected chi connectivity index (χ0v) is 17.6. The summed E-state index contributed by atoms with van der Waals surface area (Å²) in [5.74, 6) is 0.132. The molecule has 1 N–H and O–H groups in total. The Morgan fingerprint density at radius 2 is 1.86 bits per heavy atom. The summed E-state index contributed by atoms with van der Waals surface area (Å²) >= 11 is 0. The zero-order valence-electron chi connectivity index (χ0n) is 17.6. The van der Waals surface area contributed by atoms with E-state index in [9.17, 15) is 9.59 Å². The van der Waals surface area contributed by atoms with Crippen LogP contribution in [0.3, 0.4) is 0 Å². The number of aryl methyl sites for hydroxylation is 2. The lowest BCUT2D eigenvalue weighted by molar-refractivity contribution is -0.152. The van der Waals surface area contributed by atoms with Crippen LogP contribution in [0.2, 0.25) is 0 Å². The summed E-state index contributed by atoms with van der Waals surface area (Å²) in [5.41, 5.74) is 2.06. The molecule has 0 saturated carbocycles. The van der Waals surface area contributed by atoms with Crippen molar-refractivity contribution in [2.75, 3.05) is 33.7 Å². The van der Waals surface area contributed by atoms with Gasteiger partial charge in [0.25, 0.3) is 6.47 Å². The first-order chi connectivity index (χ1) is 13.8. The number of hydrogen-bond donors (Lipinski definition) is 1. The molecule has 2 saturated heterocycles. The van der Waals surface area contributed by atoms with Crippen LogP contribution in [0.15, 0.2) is 24.3 Å². The first kappa shape index (κ1) is 22.9. The van der Waals surface area contributed by atoms with Gasteiger partial charge in [0.15, 0.2) is 0 Å². The molecular weight excluding hydrogens is 372 g/mol. The second-order valence-electron chi connectivity index (χ2n) is 8.25. The van der Waals surface area contributed by atoms with Crippen molar-refractivity contribution in [3.63, 3.8) is 0 Å². The van der Waals surface area contributed by atoms with Gasteiger partial charge in [0, 0.05) is 32.5 Å². The second kappa shape index (κ2) is 10.4. The summed E-state index contributed by atoms with van der Waals surface area (Å²) in [4.78, 5) is 37.3. The molecule has 1 aromatic rings. The Morgan fingerprint density at radius 1 is 1.28 bits per heavy atom. The van der Waals surface area contributed by atoms with Gasteiger partial charge in [-0.2, -0.15) is 0 Å². The third-order valence-electron chi connectivity index (χ3n) is 5.72. The number of carboxylic acid groups (broad SMARTS) is 1. The van der Waals surface area contributed by atoms with E-state index in [0.717, 1.165) is 32.2 Å². The van der Waals surface area contributed by atoms with Crippen LogP contribution in [-0.4, -0.2) is 73.1 Å². The zero-order chi connectivity index (χ0) is 21.4. The summed E-state index contributed by atoms with van der Waals surface area (Å²) in [6.45, 7) is 3.91. The van der Waals surface area contributed by atoms with Crippen molar-refractivity contribution in [2.45, 2.75) is 45.1 Å². The summed E-state index contributed by atoms with van der Waals surface area (Å²) < 4.78 is 5.59. The maximum atomic E-state index is 12.5. The summed E-state index contributed by atoms with van der Waals surface area (Å²) in [6, 6.07) is 8.35. The summed E-state index contributed by atoms with van der Waals surface area (Å²) in [6.07, 6.45) is 3.53. The minimum atomic E-state index is -0.367. The average Bonchev–Trinajstić information content (AvgIpc) is 2.96. The predicted molar refractivity (Wildman–Crippen MR) is 109 cm³/mol. The van der Waals surface area contributed by atoms with Crippen LogP contribution in [0.1, 0.15) is 36.8 Å². The highest BCUT2D eigenvalue weighted by Gasteiger charge is 2.50. The van der Waals surface area contributed by atoms with Crippen molar-refractivity contribution in [3.8, 4) is 0 Å². The van der Waals surface area contributed by atoms with Crippen molar-refractivity contribution in [3.05, 3.63) is 35.4 Å². The van der Waals surface area contributed by atoms with E-state index in [1.54, 1.807) is 0 Å². The molecule has 1 atom stereocenters. The SMILES string of the molecule is Cc1ccc(CCC(=O)N2CCC3(CC2)CC(CN(C)C)OC3=O)cc1.O=CO. The van der Waals surface area contributed by atoms with Crippen molar-refractivity contribution in [1.29, 1.82) is 0 Å². The van der Waals surface area contributed by atoms with Gasteiger partial charge in [-0.05, 0) is 45.8 Å². The minimum Gasteiger partial charge on any atom is -0.483 e. The number of hydrogen-bond acceptors (Lipinski definition) is 5. The van der Waals surface area contributed by atoms with Gasteiger partial charge in [0.1, 0.15) is 6.10 Å². The van der Waals surface area contributed by atoms with Crippen molar-refractivity contribution in [2.24, 2.45) is 5.41 Å². The Hall–Kier alpha value is -2.41. The Balaban J connectivity index is 0.000000941. The van der Waals surface area contributed by atoms with Crippen molar-refractivity contribution < 1.29 is 24.2 Å². The fourth-order valence-corrected chi connectivity index (χ4v) is 4.10. The molecule has 1 spiro atoms. The Bertz CT molecular complexity index is 694. The van der Waals surface area contributed by atoms with Crippen LogP contribution in [0.25, 0.3) is 0 Å². The molecule has 0 bridgehead atoms. The lowest BCUT2D eigenvalue weighted by atomic mass is 9.76.